The van der Waals surface area contributed by atoms with Gasteiger partial charge in [-0.25, -0.2) is 0 Å². The minimum Gasteiger partial charge on any atom is -0.357 e. The number of nitrogens with one attached hydrogen (secondary N) is 2. The maximum absolute atomic E-state index is 4.71. The number of aromatic nitrogens is 1. The fourth-order valence-corrected chi connectivity index (χ4v) is 3.54. The molecule has 2 rings (SSSR count). The summed E-state index contributed by atoms with van der Waals surface area (Å²) in [6.45, 7) is 5.81. The molecule has 0 radical (unpaired) electrons. The molecule has 2 unspecified atom stereocenters. The number of pyridine rings is 1. The highest BCUT2D eigenvalue weighted by Crippen LogP contribution is 2.27. The molecule has 0 bridgehead atoms. The van der Waals surface area contributed by atoms with E-state index < -0.39 is 0 Å². The minimum absolute atomic E-state index is 0. The quantitative estimate of drug-likeness (QED) is 0.398. The fourth-order valence-electron chi connectivity index (χ4n) is 2.74. The van der Waals surface area contributed by atoms with E-state index in [-0.39, 0.29) is 24.0 Å². The highest BCUT2D eigenvalue weighted by atomic mass is 127. The topological polar surface area (TPSA) is 49.3 Å². The largest absolute Gasteiger partial charge is 0.357 e. The number of hydrogen-bond acceptors (Lipinski definition) is 3. The van der Waals surface area contributed by atoms with Crippen molar-refractivity contribution >= 4 is 41.7 Å². The monoisotopic (exact) mass is 448 g/mol. The zero-order valence-electron chi connectivity index (χ0n) is 14.3. The Bertz CT molecular complexity index is 478. The lowest BCUT2D eigenvalue weighted by molar-refractivity contribution is 0.615. The van der Waals surface area contributed by atoms with Gasteiger partial charge >= 0.3 is 0 Å². The summed E-state index contributed by atoms with van der Waals surface area (Å²) in [6.07, 6.45) is 8.90. The third kappa shape index (κ3) is 7.28. The van der Waals surface area contributed by atoms with Crippen LogP contribution in [0.25, 0.3) is 0 Å². The second-order valence-electron chi connectivity index (χ2n) is 5.83. The molecule has 6 heteroatoms. The van der Waals surface area contributed by atoms with E-state index in [1.165, 1.54) is 24.8 Å². The molecule has 1 aromatic heterocycles. The van der Waals surface area contributed by atoms with Crippen LogP contribution in [0.2, 0.25) is 0 Å². The summed E-state index contributed by atoms with van der Waals surface area (Å²) in [5, 5.41) is 7.75. The van der Waals surface area contributed by atoms with Crippen molar-refractivity contribution in [2.75, 3.05) is 19.3 Å². The highest BCUT2D eigenvalue weighted by Gasteiger charge is 2.24. The van der Waals surface area contributed by atoms with E-state index in [0.717, 1.165) is 36.4 Å². The summed E-state index contributed by atoms with van der Waals surface area (Å²) in [6, 6.07) is 4.76. The molecule has 0 aromatic carbocycles. The number of hydrogen-bond donors (Lipinski definition) is 2. The Morgan fingerprint density at radius 2 is 2.22 bits per heavy atom. The second-order valence-corrected chi connectivity index (χ2v) is 6.97. The normalized spacial score (nSPS) is 20.9. The number of aliphatic imine (C=N–C) groups is 1. The third-order valence-electron chi connectivity index (χ3n) is 4.05. The Labute approximate surface area is 161 Å². The van der Waals surface area contributed by atoms with Gasteiger partial charge in [-0.3, -0.25) is 9.98 Å². The van der Waals surface area contributed by atoms with Gasteiger partial charge in [-0.15, -0.1) is 24.0 Å². The van der Waals surface area contributed by atoms with Crippen LogP contribution < -0.4 is 10.6 Å². The molecule has 2 atom stereocenters. The standard InChI is InChI=1S/C17H28N4S.HI/c1-4-18-17(21-15-7-8-16(11-15)22-3)19-10-9-14-6-5-13(2)20-12-14;/h5-6,12,15-16H,4,7-11H2,1-3H3,(H2,18,19,21);1H. The van der Waals surface area contributed by atoms with Gasteiger partial charge in [0.05, 0.1) is 0 Å². The first-order chi connectivity index (χ1) is 10.7. The van der Waals surface area contributed by atoms with Gasteiger partial charge in [-0.1, -0.05) is 6.07 Å². The van der Waals surface area contributed by atoms with Gasteiger partial charge in [-0.05, 0) is 57.4 Å². The molecule has 23 heavy (non-hydrogen) atoms. The molecule has 1 aliphatic carbocycles. The van der Waals surface area contributed by atoms with E-state index in [4.69, 9.17) is 4.99 Å². The van der Waals surface area contributed by atoms with Gasteiger partial charge in [0.15, 0.2) is 5.96 Å². The van der Waals surface area contributed by atoms with E-state index in [1.807, 2.05) is 24.9 Å². The van der Waals surface area contributed by atoms with Crippen molar-refractivity contribution in [3.63, 3.8) is 0 Å². The van der Waals surface area contributed by atoms with Crippen molar-refractivity contribution in [3.05, 3.63) is 29.6 Å². The summed E-state index contributed by atoms with van der Waals surface area (Å²) < 4.78 is 0. The number of nitrogens with zero attached hydrogens (tertiary/aromatic N) is 2. The van der Waals surface area contributed by atoms with Crippen LogP contribution in [0.4, 0.5) is 0 Å². The first-order valence-corrected chi connectivity index (χ1v) is 9.49. The molecule has 1 saturated carbocycles. The molecule has 2 N–H and O–H groups in total. The summed E-state index contributed by atoms with van der Waals surface area (Å²) >= 11 is 1.99. The molecule has 1 heterocycles. The van der Waals surface area contributed by atoms with Gasteiger partial charge in [-0.2, -0.15) is 11.8 Å². The number of halogens is 1. The first-order valence-electron chi connectivity index (χ1n) is 8.20. The molecule has 0 spiro atoms. The molecule has 130 valence electrons. The van der Waals surface area contributed by atoms with Crippen molar-refractivity contribution in [2.45, 2.75) is 50.8 Å². The number of rotatable bonds is 6. The molecule has 1 aromatic rings. The van der Waals surface area contributed by atoms with Gasteiger partial charge < -0.3 is 10.6 Å². The Hall–Kier alpha value is -0.500. The zero-order valence-corrected chi connectivity index (χ0v) is 17.5. The maximum atomic E-state index is 4.71. The van der Waals surface area contributed by atoms with Gasteiger partial charge in [0, 0.05) is 36.3 Å². The number of aryl methyl sites for hydroxylation is 1. The Morgan fingerprint density at radius 1 is 1.39 bits per heavy atom. The van der Waals surface area contributed by atoms with E-state index in [0.29, 0.717) is 6.04 Å². The average Bonchev–Trinajstić information content (AvgIpc) is 2.97. The highest BCUT2D eigenvalue weighted by molar-refractivity contribution is 14.0. The molecule has 0 aliphatic heterocycles. The van der Waals surface area contributed by atoms with Crippen molar-refractivity contribution < 1.29 is 0 Å². The minimum atomic E-state index is 0. The van der Waals surface area contributed by atoms with Crippen molar-refractivity contribution in [2.24, 2.45) is 4.99 Å². The molecular formula is C17H29IN4S. The molecule has 1 aliphatic rings. The Balaban J connectivity index is 0.00000264. The van der Waals surface area contributed by atoms with Crippen LogP contribution in [-0.4, -0.2) is 41.6 Å². The fraction of sp³-hybridized carbons (Fsp3) is 0.647. The maximum Gasteiger partial charge on any atom is 0.191 e. The predicted octanol–water partition coefficient (Wildman–Crippen LogP) is 3.39. The molecular weight excluding hydrogens is 419 g/mol. The average molecular weight is 448 g/mol. The summed E-state index contributed by atoms with van der Waals surface area (Å²) in [5.41, 5.74) is 2.31. The lowest BCUT2D eigenvalue weighted by atomic mass is 10.2. The number of thioether (sulfide) groups is 1. The van der Waals surface area contributed by atoms with Gasteiger partial charge in [0.1, 0.15) is 0 Å². The van der Waals surface area contributed by atoms with Gasteiger partial charge in [0.25, 0.3) is 0 Å². The van der Waals surface area contributed by atoms with Crippen LogP contribution in [0.5, 0.6) is 0 Å². The summed E-state index contributed by atoms with van der Waals surface area (Å²) in [4.78, 5) is 9.04. The van der Waals surface area contributed by atoms with E-state index in [2.05, 4.69) is 40.9 Å². The summed E-state index contributed by atoms with van der Waals surface area (Å²) in [5.74, 6) is 0.953. The lowest BCUT2D eigenvalue weighted by Gasteiger charge is -2.17. The molecule has 0 saturated heterocycles. The van der Waals surface area contributed by atoms with Crippen LogP contribution in [0, 0.1) is 6.92 Å². The smallest absolute Gasteiger partial charge is 0.191 e. The zero-order chi connectivity index (χ0) is 15.8. The van der Waals surface area contributed by atoms with E-state index >= 15 is 0 Å². The first kappa shape index (κ1) is 20.5. The van der Waals surface area contributed by atoms with E-state index in [1.54, 1.807) is 0 Å². The number of guanidine groups is 1. The Kier molecular flexibility index (Phi) is 9.94. The SMILES string of the molecule is CCNC(=NCCc1ccc(C)nc1)NC1CCC(SC)C1.I. The van der Waals surface area contributed by atoms with Crippen molar-refractivity contribution in [1.29, 1.82) is 0 Å². The van der Waals surface area contributed by atoms with Crippen LogP contribution >= 0.6 is 35.7 Å². The van der Waals surface area contributed by atoms with Gasteiger partial charge in [0.2, 0.25) is 0 Å². The van der Waals surface area contributed by atoms with Crippen LogP contribution in [-0.2, 0) is 6.42 Å². The molecule has 1 fully saturated rings. The summed E-state index contributed by atoms with van der Waals surface area (Å²) in [7, 11) is 0. The predicted molar refractivity (Wildman–Crippen MR) is 112 cm³/mol. The Morgan fingerprint density at radius 3 is 2.83 bits per heavy atom. The van der Waals surface area contributed by atoms with Crippen LogP contribution in [0.15, 0.2) is 23.3 Å². The second kappa shape index (κ2) is 11.1. The van der Waals surface area contributed by atoms with Crippen molar-refractivity contribution in [1.82, 2.24) is 15.6 Å². The van der Waals surface area contributed by atoms with Crippen LogP contribution in [0.1, 0.15) is 37.4 Å². The van der Waals surface area contributed by atoms with Crippen molar-refractivity contribution in [3.8, 4) is 0 Å². The molecule has 0 amide bonds. The molecule has 4 nitrogen and oxygen atoms in total. The van der Waals surface area contributed by atoms with Crippen LogP contribution in [0.3, 0.4) is 0 Å². The van der Waals surface area contributed by atoms with E-state index in [9.17, 15) is 0 Å². The lowest BCUT2D eigenvalue weighted by Crippen LogP contribution is -2.42. The third-order valence-corrected chi connectivity index (χ3v) is 5.14.